The van der Waals surface area contributed by atoms with E-state index in [1.54, 1.807) is 16.5 Å². The van der Waals surface area contributed by atoms with Crippen LogP contribution in [0.4, 0.5) is 13.2 Å². The first-order chi connectivity index (χ1) is 10.8. The predicted octanol–water partition coefficient (Wildman–Crippen LogP) is 2.79. The Morgan fingerprint density at radius 3 is 2.48 bits per heavy atom. The number of fused-ring (bicyclic) bond motifs is 1. The van der Waals surface area contributed by atoms with Crippen LogP contribution >= 0.6 is 0 Å². The second-order valence-electron chi connectivity index (χ2n) is 5.88. The number of carbonyl (C=O) groups is 1. The van der Waals surface area contributed by atoms with E-state index in [1.165, 1.54) is 12.1 Å². The molecule has 0 aliphatic carbocycles. The number of alkyl halides is 3. The molecule has 1 fully saturated rings. The van der Waals surface area contributed by atoms with Gasteiger partial charge in [0, 0.05) is 31.0 Å². The minimum atomic E-state index is -4.41. The maximum atomic E-state index is 12.8. The molecule has 0 spiro atoms. The van der Waals surface area contributed by atoms with Crippen LogP contribution in [0.3, 0.4) is 0 Å². The van der Waals surface area contributed by atoms with Gasteiger partial charge >= 0.3 is 6.18 Å². The summed E-state index contributed by atoms with van der Waals surface area (Å²) in [6.45, 7) is 0.907. The summed E-state index contributed by atoms with van der Waals surface area (Å²) in [7, 11) is 1.67. The Labute approximate surface area is 131 Å². The number of nitrogens with zero attached hydrogens (tertiary/aromatic N) is 2. The average molecular weight is 326 g/mol. The van der Waals surface area contributed by atoms with Crippen LogP contribution < -0.4 is 0 Å². The molecule has 0 atom stereocenters. The van der Waals surface area contributed by atoms with Crippen molar-refractivity contribution in [2.45, 2.75) is 25.1 Å². The van der Waals surface area contributed by atoms with Crippen LogP contribution in [-0.4, -0.2) is 39.7 Å². The molecule has 23 heavy (non-hydrogen) atoms. The van der Waals surface area contributed by atoms with E-state index in [9.17, 15) is 23.1 Å². The molecule has 1 aromatic carbocycles. The second-order valence-corrected chi connectivity index (χ2v) is 5.88. The van der Waals surface area contributed by atoms with Crippen molar-refractivity contribution in [1.82, 2.24) is 9.47 Å². The summed E-state index contributed by atoms with van der Waals surface area (Å²) in [6.07, 6.45) is -3.75. The van der Waals surface area contributed by atoms with E-state index in [1.807, 2.05) is 0 Å². The Kier molecular flexibility index (Phi) is 3.83. The van der Waals surface area contributed by atoms with Gasteiger partial charge in [0.1, 0.15) is 5.69 Å². The van der Waals surface area contributed by atoms with Gasteiger partial charge in [-0.15, -0.1) is 0 Å². The summed E-state index contributed by atoms with van der Waals surface area (Å²) < 4.78 is 40.0. The molecule has 1 saturated heterocycles. The summed E-state index contributed by atoms with van der Waals surface area (Å²) in [5.74, 6) is -0.218. The van der Waals surface area contributed by atoms with Crippen LogP contribution in [0.5, 0.6) is 0 Å². The molecule has 4 nitrogen and oxygen atoms in total. The molecule has 1 aliphatic heterocycles. The number of hydrogen-bond donors (Lipinski definition) is 1. The number of carbonyl (C=O) groups excluding carboxylic acids is 1. The molecule has 1 amide bonds. The molecule has 2 aromatic rings. The number of amides is 1. The van der Waals surface area contributed by atoms with Gasteiger partial charge in [0.15, 0.2) is 0 Å². The third-order valence-electron chi connectivity index (χ3n) is 4.34. The Balaban J connectivity index is 1.95. The topological polar surface area (TPSA) is 45.5 Å². The lowest BCUT2D eigenvalue weighted by Crippen LogP contribution is -2.40. The Morgan fingerprint density at radius 1 is 1.22 bits per heavy atom. The lowest BCUT2D eigenvalue weighted by atomic mass is 10.1. The van der Waals surface area contributed by atoms with Crippen LogP contribution in [0.2, 0.25) is 0 Å². The standard InChI is InChI=1S/C16H17F3N2O2/c1-20-13-3-2-11(16(17,18)19)8-10(13)9-14(20)15(23)21-6-4-12(22)5-7-21/h2-3,8-9,12,22H,4-7H2,1H3. The molecule has 0 saturated carbocycles. The van der Waals surface area contributed by atoms with Crippen LogP contribution in [-0.2, 0) is 13.2 Å². The minimum absolute atomic E-state index is 0.218. The highest BCUT2D eigenvalue weighted by Crippen LogP contribution is 2.32. The van der Waals surface area contributed by atoms with Crippen molar-refractivity contribution in [3.8, 4) is 0 Å². The van der Waals surface area contributed by atoms with Gasteiger partial charge in [0.25, 0.3) is 5.91 Å². The first-order valence-corrected chi connectivity index (χ1v) is 7.41. The van der Waals surface area contributed by atoms with E-state index in [2.05, 4.69) is 0 Å². The second kappa shape index (κ2) is 5.56. The highest BCUT2D eigenvalue weighted by molar-refractivity contribution is 5.99. The molecular formula is C16H17F3N2O2. The fraction of sp³-hybridized carbons (Fsp3) is 0.438. The Hall–Kier alpha value is -2.02. The molecule has 0 radical (unpaired) electrons. The van der Waals surface area contributed by atoms with Gasteiger partial charge in [-0.2, -0.15) is 13.2 Å². The third-order valence-corrected chi connectivity index (χ3v) is 4.34. The SMILES string of the molecule is Cn1c(C(=O)N2CCC(O)CC2)cc2cc(C(F)(F)F)ccc21. The van der Waals surface area contributed by atoms with E-state index in [0.29, 0.717) is 42.5 Å². The monoisotopic (exact) mass is 326 g/mol. The van der Waals surface area contributed by atoms with Crippen LogP contribution in [0.1, 0.15) is 28.9 Å². The summed E-state index contributed by atoms with van der Waals surface area (Å²) in [5, 5.41) is 9.90. The van der Waals surface area contributed by atoms with Gasteiger partial charge in [-0.05, 0) is 37.1 Å². The number of halogens is 3. The molecule has 0 unspecified atom stereocenters. The summed E-state index contributed by atoms with van der Waals surface area (Å²) in [4.78, 5) is 14.2. The predicted molar refractivity (Wildman–Crippen MR) is 79.1 cm³/mol. The number of aryl methyl sites for hydroxylation is 1. The zero-order chi connectivity index (χ0) is 16.8. The maximum Gasteiger partial charge on any atom is 0.416 e. The van der Waals surface area contributed by atoms with E-state index < -0.39 is 11.7 Å². The van der Waals surface area contributed by atoms with E-state index in [0.717, 1.165) is 12.1 Å². The first kappa shape index (κ1) is 15.9. The molecule has 124 valence electrons. The van der Waals surface area contributed by atoms with Crippen molar-refractivity contribution < 1.29 is 23.1 Å². The van der Waals surface area contributed by atoms with E-state index in [-0.39, 0.29) is 12.0 Å². The number of piperidine rings is 1. The normalized spacial score (nSPS) is 17.0. The molecule has 1 aromatic heterocycles. The highest BCUT2D eigenvalue weighted by atomic mass is 19.4. The van der Waals surface area contributed by atoms with Gasteiger partial charge in [-0.1, -0.05) is 0 Å². The number of aliphatic hydroxyl groups is 1. The Bertz CT molecular complexity index is 744. The van der Waals surface area contributed by atoms with Crippen molar-refractivity contribution in [1.29, 1.82) is 0 Å². The maximum absolute atomic E-state index is 12.8. The van der Waals surface area contributed by atoms with Gasteiger partial charge in [0.05, 0.1) is 11.7 Å². The van der Waals surface area contributed by atoms with Crippen molar-refractivity contribution >= 4 is 16.8 Å². The van der Waals surface area contributed by atoms with Crippen LogP contribution in [0.15, 0.2) is 24.3 Å². The van der Waals surface area contributed by atoms with Crippen molar-refractivity contribution in [2.75, 3.05) is 13.1 Å². The molecule has 2 heterocycles. The number of aliphatic hydroxyl groups excluding tert-OH is 1. The summed E-state index contributed by atoms with van der Waals surface area (Å²) in [6, 6.07) is 4.97. The molecule has 1 aliphatic rings. The van der Waals surface area contributed by atoms with E-state index in [4.69, 9.17) is 0 Å². The zero-order valence-corrected chi connectivity index (χ0v) is 12.6. The molecule has 1 N–H and O–H groups in total. The lowest BCUT2D eigenvalue weighted by Gasteiger charge is -2.29. The molecule has 3 rings (SSSR count). The van der Waals surface area contributed by atoms with Crippen LogP contribution in [0.25, 0.3) is 10.9 Å². The minimum Gasteiger partial charge on any atom is -0.393 e. The quantitative estimate of drug-likeness (QED) is 0.876. The molecule has 0 bridgehead atoms. The first-order valence-electron chi connectivity index (χ1n) is 7.41. The van der Waals surface area contributed by atoms with Gasteiger partial charge in [0.2, 0.25) is 0 Å². The van der Waals surface area contributed by atoms with Gasteiger partial charge in [-0.25, -0.2) is 0 Å². The smallest absolute Gasteiger partial charge is 0.393 e. The largest absolute Gasteiger partial charge is 0.416 e. The number of benzene rings is 1. The van der Waals surface area contributed by atoms with Crippen molar-refractivity contribution in [3.63, 3.8) is 0 Å². The Morgan fingerprint density at radius 2 is 1.87 bits per heavy atom. The summed E-state index contributed by atoms with van der Waals surface area (Å²) in [5.41, 5.74) is 0.213. The fourth-order valence-corrected chi connectivity index (χ4v) is 2.96. The van der Waals surface area contributed by atoms with Crippen molar-refractivity contribution in [2.24, 2.45) is 7.05 Å². The average Bonchev–Trinajstić information content (AvgIpc) is 2.83. The van der Waals surface area contributed by atoms with Crippen molar-refractivity contribution in [3.05, 3.63) is 35.5 Å². The number of rotatable bonds is 1. The highest BCUT2D eigenvalue weighted by Gasteiger charge is 2.31. The molecular weight excluding hydrogens is 309 g/mol. The summed E-state index contributed by atoms with van der Waals surface area (Å²) >= 11 is 0. The van der Waals surface area contributed by atoms with Gasteiger partial charge in [-0.3, -0.25) is 4.79 Å². The zero-order valence-electron chi connectivity index (χ0n) is 12.6. The van der Waals surface area contributed by atoms with Gasteiger partial charge < -0.3 is 14.6 Å². The molecule has 7 heteroatoms. The fourth-order valence-electron chi connectivity index (χ4n) is 2.96. The number of aromatic nitrogens is 1. The number of hydrogen-bond acceptors (Lipinski definition) is 2. The number of likely N-dealkylation sites (tertiary alicyclic amines) is 1. The third kappa shape index (κ3) is 2.93. The van der Waals surface area contributed by atoms with Crippen LogP contribution in [0, 0.1) is 0 Å². The lowest BCUT2D eigenvalue weighted by molar-refractivity contribution is -0.137. The van der Waals surface area contributed by atoms with E-state index >= 15 is 0 Å².